The van der Waals surface area contributed by atoms with E-state index in [2.05, 4.69) is 9.88 Å². The van der Waals surface area contributed by atoms with Crippen LogP contribution in [0.2, 0.25) is 0 Å². The molecule has 4 aliphatic heterocycles. The minimum atomic E-state index is -0.0678. The number of urea groups is 1. The van der Waals surface area contributed by atoms with E-state index in [9.17, 15) is 14.4 Å². The number of carbonyl (C=O) groups is 3. The van der Waals surface area contributed by atoms with E-state index in [1.54, 1.807) is 24.1 Å². The van der Waals surface area contributed by atoms with Crippen LogP contribution in [0.3, 0.4) is 0 Å². The molecule has 0 spiro atoms. The summed E-state index contributed by atoms with van der Waals surface area (Å²) in [6.45, 7) is 4.36. The zero-order valence-corrected chi connectivity index (χ0v) is 18.6. The number of methoxy groups -OCH3 is 1. The van der Waals surface area contributed by atoms with Gasteiger partial charge >= 0.3 is 6.03 Å². The molecule has 5 heterocycles. The van der Waals surface area contributed by atoms with Gasteiger partial charge in [-0.25, -0.2) is 9.78 Å². The Morgan fingerprint density at radius 3 is 2.53 bits per heavy atom. The van der Waals surface area contributed by atoms with Crippen molar-refractivity contribution in [3.8, 4) is 5.88 Å². The second-order valence-corrected chi connectivity index (χ2v) is 9.42. The summed E-state index contributed by atoms with van der Waals surface area (Å²) in [6.07, 6.45) is 5.36. The van der Waals surface area contributed by atoms with Gasteiger partial charge in [-0.05, 0) is 37.2 Å². The second-order valence-electron chi connectivity index (χ2n) is 9.42. The second kappa shape index (κ2) is 8.60. The van der Waals surface area contributed by atoms with Crippen molar-refractivity contribution in [3.05, 3.63) is 23.9 Å². The molecule has 3 atom stereocenters. The number of nitrogens with zero attached hydrogens (tertiary/aromatic N) is 5. The highest BCUT2D eigenvalue weighted by atomic mass is 16.5. The monoisotopic (exact) mass is 441 g/mol. The molecule has 172 valence electrons. The van der Waals surface area contributed by atoms with Gasteiger partial charge in [-0.2, -0.15) is 0 Å². The van der Waals surface area contributed by atoms with Crippen molar-refractivity contribution in [2.24, 2.45) is 11.8 Å². The van der Waals surface area contributed by atoms with Crippen LogP contribution >= 0.6 is 0 Å². The molecule has 1 aromatic rings. The number of likely N-dealkylation sites (tertiary alicyclic amines) is 1. The van der Waals surface area contributed by atoms with Gasteiger partial charge < -0.3 is 24.3 Å². The number of amides is 4. The van der Waals surface area contributed by atoms with Crippen LogP contribution in [0.15, 0.2) is 18.3 Å². The van der Waals surface area contributed by atoms with E-state index >= 15 is 0 Å². The molecule has 9 nitrogen and oxygen atoms in total. The Labute approximate surface area is 188 Å². The van der Waals surface area contributed by atoms with Gasteiger partial charge in [0.2, 0.25) is 11.8 Å². The van der Waals surface area contributed by atoms with E-state index in [0.29, 0.717) is 67.8 Å². The fourth-order valence-corrected chi connectivity index (χ4v) is 5.88. The zero-order chi connectivity index (χ0) is 22.2. The van der Waals surface area contributed by atoms with Gasteiger partial charge in [-0.1, -0.05) is 0 Å². The summed E-state index contributed by atoms with van der Waals surface area (Å²) in [4.78, 5) is 50.2. The molecular weight excluding hydrogens is 410 g/mol. The van der Waals surface area contributed by atoms with Crippen molar-refractivity contribution in [2.75, 3.05) is 52.9 Å². The molecule has 0 saturated carbocycles. The van der Waals surface area contributed by atoms with Gasteiger partial charge in [-0.15, -0.1) is 0 Å². The summed E-state index contributed by atoms with van der Waals surface area (Å²) in [5.74, 6) is 1.47. The number of rotatable bonds is 2. The Balaban J connectivity index is 1.17. The van der Waals surface area contributed by atoms with Crippen molar-refractivity contribution in [1.82, 2.24) is 24.6 Å². The fourth-order valence-electron chi connectivity index (χ4n) is 5.88. The fraction of sp³-hybridized carbons (Fsp3) is 0.652. The summed E-state index contributed by atoms with van der Waals surface area (Å²) >= 11 is 0. The van der Waals surface area contributed by atoms with Crippen LogP contribution in [0, 0.1) is 11.8 Å². The zero-order valence-electron chi connectivity index (χ0n) is 18.6. The Morgan fingerprint density at radius 2 is 1.81 bits per heavy atom. The first-order valence-corrected chi connectivity index (χ1v) is 11.7. The van der Waals surface area contributed by atoms with Crippen LogP contribution < -0.4 is 4.74 Å². The largest absolute Gasteiger partial charge is 0.481 e. The third-order valence-corrected chi connectivity index (χ3v) is 7.48. The molecule has 5 rings (SSSR count). The quantitative estimate of drug-likeness (QED) is 0.691. The third-order valence-electron chi connectivity index (χ3n) is 7.48. The predicted molar refractivity (Wildman–Crippen MR) is 116 cm³/mol. The van der Waals surface area contributed by atoms with Crippen LogP contribution in [0.1, 0.15) is 36.0 Å². The molecule has 9 heteroatoms. The topological polar surface area (TPSA) is 86.3 Å². The first-order chi connectivity index (χ1) is 15.5. The lowest BCUT2D eigenvalue weighted by Crippen LogP contribution is -2.63. The van der Waals surface area contributed by atoms with E-state index in [1.807, 2.05) is 9.80 Å². The number of aromatic nitrogens is 1. The van der Waals surface area contributed by atoms with Gasteiger partial charge in [0.1, 0.15) is 0 Å². The molecule has 1 aromatic heterocycles. The number of fused-ring (bicyclic) bond motifs is 4. The minimum Gasteiger partial charge on any atom is -0.481 e. The number of piperidine rings is 3. The van der Waals surface area contributed by atoms with Gasteiger partial charge in [0.25, 0.3) is 5.91 Å². The molecule has 0 N–H and O–H groups in total. The summed E-state index contributed by atoms with van der Waals surface area (Å²) in [5, 5.41) is 0. The normalized spacial score (nSPS) is 27.8. The number of ether oxygens (including phenoxy) is 1. The number of piperazine rings is 1. The lowest BCUT2D eigenvalue weighted by molar-refractivity contribution is -0.144. The van der Waals surface area contributed by atoms with Crippen molar-refractivity contribution in [2.45, 2.75) is 31.7 Å². The van der Waals surface area contributed by atoms with Crippen LogP contribution in [0.5, 0.6) is 5.88 Å². The summed E-state index contributed by atoms with van der Waals surface area (Å²) < 4.78 is 5.05. The van der Waals surface area contributed by atoms with Crippen molar-refractivity contribution >= 4 is 17.8 Å². The first-order valence-electron chi connectivity index (χ1n) is 11.7. The Bertz CT molecular complexity index is 883. The molecule has 32 heavy (non-hydrogen) atoms. The van der Waals surface area contributed by atoms with Crippen LogP contribution in [-0.4, -0.2) is 101 Å². The molecule has 0 radical (unpaired) electrons. The Kier molecular flexibility index (Phi) is 5.65. The average Bonchev–Trinajstić information content (AvgIpc) is 2.84. The smallest absolute Gasteiger partial charge is 0.320 e. The maximum atomic E-state index is 13.3. The van der Waals surface area contributed by atoms with Crippen molar-refractivity contribution in [1.29, 1.82) is 0 Å². The molecule has 0 aromatic carbocycles. The van der Waals surface area contributed by atoms with Gasteiger partial charge in [-0.3, -0.25) is 9.59 Å². The van der Waals surface area contributed by atoms with Crippen LogP contribution in [-0.2, 0) is 4.79 Å². The molecule has 4 fully saturated rings. The first kappa shape index (κ1) is 21.0. The predicted octanol–water partition coefficient (Wildman–Crippen LogP) is 1.30. The standard InChI is InChI=1S/C23H31N5O4/c1-32-20-6-5-17(12-24-20)22(30)25-7-9-26(10-8-25)23(31)27-13-16-11-18(15-27)19-3-2-4-21(29)28(19)14-16/h5-6,12,16,18-19H,2-4,7-11,13-15H2,1H3/t16?,18?,19-/m1/s1. The van der Waals surface area contributed by atoms with Crippen molar-refractivity contribution < 1.29 is 19.1 Å². The van der Waals surface area contributed by atoms with E-state index in [0.717, 1.165) is 38.9 Å². The lowest BCUT2D eigenvalue weighted by atomic mass is 9.76. The van der Waals surface area contributed by atoms with Crippen LogP contribution in [0.25, 0.3) is 0 Å². The molecule has 2 bridgehead atoms. The number of hydrogen-bond donors (Lipinski definition) is 0. The average molecular weight is 442 g/mol. The van der Waals surface area contributed by atoms with E-state index in [-0.39, 0.29) is 11.9 Å². The molecule has 0 aliphatic carbocycles. The highest BCUT2D eigenvalue weighted by Gasteiger charge is 2.45. The van der Waals surface area contributed by atoms with E-state index in [1.165, 1.54) is 6.20 Å². The maximum Gasteiger partial charge on any atom is 0.320 e. The Hall–Kier alpha value is -2.84. The molecule has 4 saturated heterocycles. The molecule has 2 unspecified atom stereocenters. The Morgan fingerprint density at radius 1 is 1.03 bits per heavy atom. The number of pyridine rings is 1. The van der Waals surface area contributed by atoms with E-state index in [4.69, 9.17) is 4.74 Å². The summed E-state index contributed by atoms with van der Waals surface area (Å²) in [6, 6.07) is 3.78. The molecule has 4 aliphatic rings. The molecular formula is C23H31N5O4. The summed E-state index contributed by atoms with van der Waals surface area (Å²) in [7, 11) is 1.54. The van der Waals surface area contributed by atoms with Gasteiger partial charge in [0, 0.05) is 70.5 Å². The van der Waals surface area contributed by atoms with Gasteiger partial charge in [0.15, 0.2) is 0 Å². The minimum absolute atomic E-state index is 0.0678. The third kappa shape index (κ3) is 3.89. The highest BCUT2D eigenvalue weighted by Crippen LogP contribution is 2.38. The SMILES string of the molecule is COc1ccc(C(=O)N2CCN(C(=O)N3CC4CC(C3)[C@H]3CCCC(=O)N3C4)CC2)cn1. The number of carbonyl (C=O) groups excluding carboxylic acids is 3. The number of hydrogen-bond acceptors (Lipinski definition) is 5. The highest BCUT2D eigenvalue weighted by molar-refractivity contribution is 5.94. The maximum absolute atomic E-state index is 13.3. The van der Waals surface area contributed by atoms with Crippen molar-refractivity contribution in [3.63, 3.8) is 0 Å². The van der Waals surface area contributed by atoms with E-state index < -0.39 is 0 Å². The molecule has 4 amide bonds. The lowest BCUT2D eigenvalue weighted by Gasteiger charge is -2.53. The van der Waals surface area contributed by atoms with Crippen LogP contribution in [0.4, 0.5) is 4.79 Å². The van der Waals surface area contributed by atoms with Gasteiger partial charge in [0.05, 0.1) is 12.7 Å². The summed E-state index contributed by atoms with van der Waals surface area (Å²) in [5.41, 5.74) is 0.529.